The van der Waals surface area contributed by atoms with E-state index in [0.29, 0.717) is 24.5 Å². The van der Waals surface area contributed by atoms with Gasteiger partial charge in [-0.05, 0) is 30.2 Å². The fraction of sp³-hybridized carbons (Fsp3) is 0.250. The summed E-state index contributed by atoms with van der Waals surface area (Å²) in [6, 6.07) is 5.49. The normalized spacial score (nSPS) is 15.6. The van der Waals surface area contributed by atoms with Crippen molar-refractivity contribution in [3.63, 3.8) is 0 Å². The van der Waals surface area contributed by atoms with E-state index in [1.807, 2.05) is 12.1 Å². The zero-order chi connectivity index (χ0) is 13.6. The van der Waals surface area contributed by atoms with Crippen molar-refractivity contribution in [3.8, 4) is 0 Å². The average Bonchev–Trinajstić information content (AvgIpc) is 2.94. The van der Waals surface area contributed by atoms with Crippen LogP contribution in [-0.4, -0.2) is 22.9 Å². The molecule has 1 aromatic heterocycles. The van der Waals surface area contributed by atoms with E-state index < -0.39 is 10.0 Å². The Kier molecular flexibility index (Phi) is 2.61. The second-order valence-electron chi connectivity index (χ2n) is 4.66. The van der Waals surface area contributed by atoms with Crippen molar-refractivity contribution in [1.29, 1.82) is 0 Å². The minimum absolute atomic E-state index is 0.230. The number of fused-ring (bicyclic) bond motifs is 1. The van der Waals surface area contributed by atoms with Crippen LogP contribution in [0.5, 0.6) is 0 Å². The Morgan fingerprint density at radius 1 is 1.32 bits per heavy atom. The van der Waals surface area contributed by atoms with Crippen LogP contribution in [0.3, 0.4) is 0 Å². The van der Waals surface area contributed by atoms with Crippen LogP contribution in [0.15, 0.2) is 29.3 Å². The fourth-order valence-corrected chi connectivity index (χ4v) is 3.81. The summed E-state index contributed by atoms with van der Waals surface area (Å²) in [5, 5.41) is 6.42. The van der Waals surface area contributed by atoms with Gasteiger partial charge in [-0.25, -0.2) is 8.42 Å². The second kappa shape index (κ2) is 4.07. The summed E-state index contributed by atoms with van der Waals surface area (Å²) in [5.41, 5.74) is 8.88. The van der Waals surface area contributed by atoms with Crippen LogP contribution >= 0.6 is 0 Å². The third-order valence-corrected chi connectivity index (χ3v) is 5.23. The van der Waals surface area contributed by atoms with Gasteiger partial charge in [-0.1, -0.05) is 6.07 Å². The number of hydrogen-bond donors (Lipinski definition) is 2. The molecule has 1 aliphatic rings. The van der Waals surface area contributed by atoms with Crippen molar-refractivity contribution in [3.05, 3.63) is 41.2 Å². The van der Waals surface area contributed by atoms with Gasteiger partial charge in [0.15, 0.2) is 0 Å². The lowest BCUT2D eigenvalue weighted by Gasteiger charge is -2.14. The van der Waals surface area contributed by atoms with Gasteiger partial charge in [-0.15, -0.1) is 0 Å². The molecule has 1 aromatic carbocycles. The smallest absolute Gasteiger partial charge is 0.247 e. The Hall–Kier alpha value is -1.86. The molecule has 0 amide bonds. The standard InChI is InChI=1S/C12H14N4O2S/c1-8-12(5-14-15-8)19(17,18)16-6-9-2-3-11(13)4-10(9)7-16/h2-5H,6-7,13H2,1H3,(H,14,15). The zero-order valence-electron chi connectivity index (χ0n) is 10.4. The second-order valence-corrected chi connectivity index (χ2v) is 6.57. The van der Waals surface area contributed by atoms with E-state index >= 15 is 0 Å². The first-order chi connectivity index (χ1) is 8.98. The molecule has 0 saturated heterocycles. The molecule has 6 nitrogen and oxygen atoms in total. The lowest BCUT2D eigenvalue weighted by atomic mass is 10.1. The molecule has 0 spiro atoms. The lowest BCUT2D eigenvalue weighted by molar-refractivity contribution is 0.431. The van der Waals surface area contributed by atoms with Gasteiger partial charge in [0, 0.05) is 18.8 Å². The third kappa shape index (κ3) is 1.91. The summed E-state index contributed by atoms with van der Waals surface area (Å²) in [7, 11) is -3.51. The number of aromatic amines is 1. The Bertz CT molecular complexity index is 736. The predicted molar refractivity (Wildman–Crippen MR) is 70.6 cm³/mol. The van der Waals surface area contributed by atoms with Gasteiger partial charge in [0.25, 0.3) is 0 Å². The number of nitrogens with two attached hydrogens (primary N) is 1. The first-order valence-electron chi connectivity index (χ1n) is 5.86. The van der Waals surface area contributed by atoms with Crippen molar-refractivity contribution >= 4 is 15.7 Å². The van der Waals surface area contributed by atoms with Crippen molar-refractivity contribution in [2.24, 2.45) is 0 Å². The lowest BCUT2D eigenvalue weighted by Crippen LogP contribution is -2.25. The molecule has 0 radical (unpaired) electrons. The van der Waals surface area contributed by atoms with E-state index in [-0.39, 0.29) is 4.90 Å². The summed E-state index contributed by atoms with van der Waals surface area (Å²) in [6.45, 7) is 2.43. The number of nitrogens with zero attached hydrogens (tertiary/aromatic N) is 2. The molecule has 0 saturated carbocycles. The number of sulfonamides is 1. The first kappa shape index (κ1) is 12.2. The van der Waals surface area contributed by atoms with Crippen LogP contribution in [-0.2, 0) is 23.1 Å². The Morgan fingerprint density at radius 3 is 2.74 bits per heavy atom. The van der Waals surface area contributed by atoms with Crippen molar-refractivity contribution in [2.75, 3.05) is 5.73 Å². The third-order valence-electron chi connectivity index (χ3n) is 3.33. The van der Waals surface area contributed by atoms with Gasteiger partial charge in [0.2, 0.25) is 10.0 Å². The van der Waals surface area contributed by atoms with Crippen LogP contribution in [0.4, 0.5) is 5.69 Å². The molecule has 0 atom stereocenters. The van der Waals surface area contributed by atoms with Gasteiger partial charge in [0.05, 0.1) is 11.9 Å². The minimum atomic E-state index is -3.51. The summed E-state index contributed by atoms with van der Waals surface area (Å²) in [5.74, 6) is 0. The quantitative estimate of drug-likeness (QED) is 0.802. The Balaban J connectivity index is 1.97. The Morgan fingerprint density at radius 2 is 2.05 bits per heavy atom. The number of aryl methyl sites for hydroxylation is 1. The maximum absolute atomic E-state index is 12.5. The number of nitrogen functional groups attached to an aromatic ring is 1. The van der Waals surface area contributed by atoms with Crippen LogP contribution in [0.2, 0.25) is 0 Å². The number of hydrogen-bond acceptors (Lipinski definition) is 4. The van der Waals surface area contributed by atoms with Gasteiger partial charge < -0.3 is 5.73 Å². The molecule has 0 fully saturated rings. The molecule has 0 aliphatic carbocycles. The number of nitrogens with one attached hydrogen (secondary N) is 1. The molecule has 0 bridgehead atoms. The highest BCUT2D eigenvalue weighted by molar-refractivity contribution is 7.89. The van der Waals surface area contributed by atoms with Gasteiger partial charge in [0.1, 0.15) is 4.90 Å². The van der Waals surface area contributed by atoms with Gasteiger partial charge in [-0.2, -0.15) is 9.40 Å². The fourth-order valence-electron chi connectivity index (χ4n) is 2.29. The van der Waals surface area contributed by atoms with Crippen molar-refractivity contribution in [2.45, 2.75) is 24.9 Å². The highest BCUT2D eigenvalue weighted by atomic mass is 32.2. The van der Waals surface area contributed by atoms with Crippen LogP contribution in [0.1, 0.15) is 16.8 Å². The molecule has 3 rings (SSSR count). The van der Waals surface area contributed by atoms with E-state index in [9.17, 15) is 8.42 Å². The summed E-state index contributed by atoms with van der Waals surface area (Å²) in [4.78, 5) is 0.230. The number of H-pyrrole nitrogens is 1. The number of aromatic nitrogens is 2. The maximum Gasteiger partial charge on any atom is 0.247 e. The molecule has 19 heavy (non-hydrogen) atoms. The van der Waals surface area contributed by atoms with Crippen LogP contribution in [0.25, 0.3) is 0 Å². The highest BCUT2D eigenvalue weighted by Gasteiger charge is 2.32. The van der Waals surface area contributed by atoms with Crippen LogP contribution < -0.4 is 5.73 Å². The molecule has 2 aromatic rings. The number of benzene rings is 1. The van der Waals surface area contributed by atoms with Gasteiger partial charge >= 0.3 is 0 Å². The molecule has 100 valence electrons. The molecule has 1 aliphatic heterocycles. The molecule has 2 heterocycles. The topological polar surface area (TPSA) is 92.1 Å². The van der Waals surface area contributed by atoms with E-state index in [4.69, 9.17) is 5.73 Å². The Labute approximate surface area is 111 Å². The van der Waals surface area contributed by atoms with E-state index in [2.05, 4.69) is 10.2 Å². The molecular formula is C12H14N4O2S. The molecule has 7 heteroatoms. The predicted octanol–water partition coefficient (Wildman–Crippen LogP) is 1.00. The van der Waals surface area contributed by atoms with Crippen molar-refractivity contribution in [1.82, 2.24) is 14.5 Å². The van der Waals surface area contributed by atoms with Crippen molar-refractivity contribution < 1.29 is 8.42 Å². The monoisotopic (exact) mass is 278 g/mol. The van der Waals surface area contributed by atoms with E-state index in [1.165, 1.54) is 10.5 Å². The summed E-state index contributed by atoms with van der Waals surface area (Å²) < 4.78 is 26.4. The number of anilines is 1. The SMILES string of the molecule is Cc1[nH]ncc1S(=O)(=O)N1Cc2ccc(N)cc2C1. The average molecular weight is 278 g/mol. The van der Waals surface area contributed by atoms with E-state index in [1.54, 1.807) is 13.0 Å². The summed E-state index contributed by atoms with van der Waals surface area (Å²) >= 11 is 0. The van der Waals surface area contributed by atoms with Gasteiger partial charge in [-0.3, -0.25) is 5.10 Å². The molecular weight excluding hydrogens is 264 g/mol. The minimum Gasteiger partial charge on any atom is -0.399 e. The molecule has 0 unspecified atom stereocenters. The molecule has 3 N–H and O–H groups in total. The zero-order valence-corrected chi connectivity index (χ0v) is 11.2. The van der Waals surface area contributed by atoms with E-state index in [0.717, 1.165) is 11.1 Å². The largest absolute Gasteiger partial charge is 0.399 e. The van der Waals surface area contributed by atoms with Crippen LogP contribution in [0, 0.1) is 6.92 Å². The summed E-state index contributed by atoms with van der Waals surface area (Å²) in [6.07, 6.45) is 1.35. The number of rotatable bonds is 2. The first-order valence-corrected chi connectivity index (χ1v) is 7.30. The maximum atomic E-state index is 12.5. The highest BCUT2D eigenvalue weighted by Crippen LogP contribution is 2.30.